The minimum Gasteiger partial charge on any atom is -0.463 e. The van der Waals surface area contributed by atoms with E-state index in [0.717, 1.165) is 5.56 Å². The quantitative estimate of drug-likeness (QED) is 0.808. The first-order valence-corrected chi connectivity index (χ1v) is 7.17. The van der Waals surface area contributed by atoms with E-state index in [1.54, 1.807) is 44.2 Å². The average molecular weight is 313 g/mol. The van der Waals surface area contributed by atoms with Crippen LogP contribution in [-0.4, -0.2) is 17.7 Å². The van der Waals surface area contributed by atoms with Crippen molar-refractivity contribution < 1.29 is 14.3 Å². The van der Waals surface area contributed by atoms with Gasteiger partial charge in [-0.2, -0.15) is 5.26 Å². The zero-order valence-corrected chi connectivity index (χ0v) is 13.3. The summed E-state index contributed by atoms with van der Waals surface area (Å²) in [4.78, 5) is 12.0. The molecule has 1 atom stereocenters. The van der Waals surface area contributed by atoms with Gasteiger partial charge in [-0.15, -0.1) is 0 Å². The highest BCUT2D eigenvalue weighted by molar-refractivity contribution is 5.90. The molecule has 1 aromatic heterocycles. The highest BCUT2D eigenvalue weighted by Crippen LogP contribution is 2.22. The monoisotopic (exact) mass is 313 g/mol. The summed E-state index contributed by atoms with van der Waals surface area (Å²) >= 11 is 0. The van der Waals surface area contributed by atoms with Gasteiger partial charge in [0, 0.05) is 5.69 Å². The van der Waals surface area contributed by atoms with Gasteiger partial charge >= 0.3 is 6.03 Å². The molecule has 0 saturated heterocycles. The third-order valence-corrected chi connectivity index (χ3v) is 3.48. The lowest BCUT2D eigenvalue weighted by molar-refractivity contribution is 0.0364. The van der Waals surface area contributed by atoms with Crippen molar-refractivity contribution in [3.05, 3.63) is 53.0 Å². The van der Waals surface area contributed by atoms with E-state index in [9.17, 15) is 9.90 Å². The summed E-state index contributed by atoms with van der Waals surface area (Å²) in [5, 5.41) is 24.5. The second-order valence-corrected chi connectivity index (χ2v) is 5.63. The van der Waals surface area contributed by atoms with E-state index in [0.29, 0.717) is 22.8 Å². The third kappa shape index (κ3) is 4.11. The predicted molar refractivity (Wildman–Crippen MR) is 85.9 cm³/mol. The number of hydrogen-bond donors (Lipinski definition) is 3. The molecule has 0 radical (unpaired) electrons. The van der Waals surface area contributed by atoms with Gasteiger partial charge < -0.3 is 20.2 Å². The minimum atomic E-state index is -1.31. The van der Waals surface area contributed by atoms with Gasteiger partial charge in [0.1, 0.15) is 17.1 Å². The Morgan fingerprint density at radius 1 is 1.35 bits per heavy atom. The maximum absolute atomic E-state index is 12.0. The Labute approximate surface area is 134 Å². The number of furan rings is 1. The van der Waals surface area contributed by atoms with Gasteiger partial charge in [-0.25, -0.2) is 4.79 Å². The van der Waals surface area contributed by atoms with Crippen molar-refractivity contribution in [1.82, 2.24) is 5.32 Å². The first-order valence-electron chi connectivity index (χ1n) is 7.17. The Bertz CT molecular complexity index is 757. The second-order valence-electron chi connectivity index (χ2n) is 5.63. The number of benzene rings is 1. The molecule has 2 amide bonds. The molecular formula is C17H19N3O3. The van der Waals surface area contributed by atoms with Crippen molar-refractivity contribution in [2.75, 3.05) is 11.9 Å². The normalized spacial score (nSPS) is 13.0. The molecule has 0 fully saturated rings. The third-order valence-electron chi connectivity index (χ3n) is 3.48. The lowest BCUT2D eigenvalue weighted by atomic mass is 10.0. The van der Waals surface area contributed by atoms with Crippen molar-refractivity contribution in [2.45, 2.75) is 26.4 Å². The van der Waals surface area contributed by atoms with E-state index >= 15 is 0 Å². The van der Waals surface area contributed by atoms with E-state index in [1.165, 1.54) is 0 Å². The maximum Gasteiger partial charge on any atom is 0.319 e. The molecule has 0 aliphatic carbocycles. The Morgan fingerprint density at radius 3 is 2.70 bits per heavy atom. The van der Waals surface area contributed by atoms with Gasteiger partial charge in [0.05, 0.1) is 18.2 Å². The molecule has 0 aliphatic rings. The lowest BCUT2D eigenvalue weighted by Gasteiger charge is -2.21. The zero-order valence-electron chi connectivity index (χ0n) is 13.3. The van der Waals surface area contributed by atoms with Gasteiger partial charge in [0.15, 0.2) is 0 Å². The van der Waals surface area contributed by atoms with Crippen molar-refractivity contribution in [3.63, 3.8) is 0 Å². The fourth-order valence-corrected chi connectivity index (χ4v) is 2.06. The Kier molecular flexibility index (Phi) is 4.72. The molecule has 0 bridgehead atoms. The summed E-state index contributed by atoms with van der Waals surface area (Å²) in [6, 6.07) is 10.0. The summed E-state index contributed by atoms with van der Waals surface area (Å²) in [5.41, 5.74) is 0.543. The number of aliphatic hydroxyl groups is 1. The molecule has 6 heteroatoms. The van der Waals surface area contributed by atoms with Crippen LogP contribution in [0.4, 0.5) is 10.5 Å². The van der Waals surface area contributed by atoms with Gasteiger partial charge in [-0.1, -0.05) is 6.07 Å². The number of nitrogens with zero attached hydrogens (tertiary/aromatic N) is 1. The number of amides is 2. The summed E-state index contributed by atoms with van der Waals surface area (Å²) in [5.74, 6) is 1.08. The molecule has 0 saturated carbocycles. The highest BCUT2D eigenvalue weighted by atomic mass is 16.4. The largest absolute Gasteiger partial charge is 0.463 e. The Morgan fingerprint density at radius 2 is 2.09 bits per heavy atom. The lowest BCUT2D eigenvalue weighted by Crippen LogP contribution is -2.40. The van der Waals surface area contributed by atoms with Crippen LogP contribution in [0.3, 0.4) is 0 Å². The van der Waals surface area contributed by atoms with Crippen LogP contribution in [0.1, 0.15) is 29.6 Å². The van der Waals surface area contributed by atoms with Crippen molar-refractivity contribution in [2.24, 2.45) is 0 Å². The number of nitrogens with one attached hydrogen (secondary N) is 2. The van der Waals surface area contributed by atoms with Gasteiger partial charge in [-0.3, -0.25) is 0 Å². The first kappa shape index (κ1) is 16.6. The van der Waals surface area contributed by atoms with Crippen molar-refractivity contribution in [1.29, 1.82) is 5.26 Å². The average Bonchev–Trinajstić information content (AvgIpc) is 2.95. The van der Waals surface area contributed by atoms with Crippen LogP contribution in [0, 0.1) is 25.2 Å². The van der Waals surface area contributed by atoms with Crippen molar-refractivity contribution in [3.8, 4) is 6.07 Å². The molecule has 3 N–H and O–H groups in total. The summed E-state index contributed by atoms with van der Waals surface area (Å²) in [7, 11) is 0. The fraction of sp³-hybridized carbons (Fsp3) is 0.294. The van der Waals surface area contributed by atoms with E-state index in [-0.39, 0.29) is 6.54 Å². The summed E-state index contributed by atoms with van der Waals surface area (Å²) < 4.78 is 5.39. The number of rotatable bonds is 4. The molecule has 1 unspecified atom stereocenters. The maximum atomic E-state index is 12.0. The van der Waals surface area contributed by atoms with E-state index < -0.39 is 11.6 Å². The van der Waals surface area contributed by atoms with Crippen LogP contribution < -0.4 is 10.6 Å². The molecule has 2 aromatic rings. The SMILES string of the molecule is Cc1ccc(C(C)(O)CNC(=O)Nc2cc(C#N)ccc2C)o1. The second kappa shape index (κ2) is 6.55. The molecule has 2 rings (SSSR count). The highest BCUT2D eigenvalue weighted by Gasteiger charge is 2.27. The van der Waals surface area contributed by atoms with Crippen LogP contribution >= 0.6 is 0 Å². The topological polar surface area (TPSA) is 98.3 Å². The molecular weight excluding hydrogens is 294 g/mol. The molecule has 6 nitrogen and oxygen atoms in total. The van der Waals surface area contributed by atoms with E-state index in [2.05, 4.69) is 10.6 Å². The van der Waals surface area contributed by atoms with Crippen LogP contribution in [0.5, 0.6) is 0 Å². The summed E-state index contributed by atoms with van der Waals surface area (Å²) in [6.45, 7) is 5.17. The van der Waals surface area contributed by atoms with Crippen molar-refractivity contribution >= 4 is 11.7 Å². The number of nitriles is 1. The number of carbonyl (C=O) groups excluding carboxylic acids is 1. The van der Waals surface area contributed by atoms with Crippen LogP contribution in [0.25, 0.3) is 0 Å². The van der Waals surface area contributed by atoms with E-state index in [4.69, 9.17) is 9.68 Å². The van der Waals surface area contributed by atoms with Gasteiger partial charge in [-0.05, 0) is 50.6 Å². The van der Waals surface area contributed by atoms with Crippen LogP contribution in [0.2, 0.25) is 0 Å². The molecule has 0 spiro atoms. The molecule has 120 valence electrons. The Hall–Kier alpha value is -2.78. The van der Waals surface area contributed by atoms with Crippen LogP contribution in [0.15, 0.2) is 34.7 Å². The predicted octanol–water partition coefficient (Wildman–Crippen LogP) is 2.80. The molecule has 1 aromatic carbocycles. The standard InChI is InChI=1S/C17H19N3O3/c1-11-4-6-13(9-18)8-14(11)20-16(21)19-10-17(3,22)15-7-5-12(2)23-15/h4-8,22H,10H2,1-3H3,(H2,19,20,21). The Balaban J connectivity index is 1.99. The number of urea groups is 1. The number of anilines is 1. The molecule has 0 aliphatic heterocycles. The number of hydrogen-bond acceptors (Lipinski definition) is 4. The smallest absolute Gasteiger partial charge is 0.319 e. The first-order chi connectivity index (χ1) is 10.8. The zero-order chi connectivity index (χ0) is 17.0. The molecule has 23 heavy (non-hydrogen) atoms. The van der Waals surface area contributed by atoms with E-state index in [1.807, 2.05) is 13.0 Å². The molecule has 1 heterocycles. The minimum absolute atomic E-state index is 0.0111. The summed E-state index contributed by atoms with van der Waals surface area (Å²) in [6.07, 6.45) is 0. The van der Waals surface area contributed by atoms with Gasteiger partial charge in [0.25, 0.3) is 0 Å². The number of aryl methyl sites for hydroxylation is 2. The fourth-order valence-electron chi connectivity index (χ4n) is 2.06. The van der Waals surface area contributed by atoms with Crippen LogP contribution in [-0.2, 0) is 5.60 Å². The van der Waals surface area contributed by atoms with Gasteiger partial charge in [0.2, 0.25) is 0 Å². The number of carbonyl (C=O) groups is 1.